The molecule has 0 aliphatic carbocycles. The largest absolute Gasteiger partial charge is 0.479 e. The van der Waals surface area contributed by atoms with Gasteiger partial charge in [0, 0.05) is 6.54 Å². The molecule has 0 saturated carbocycles. The smallest absolute Gasteiger partial charge is 0.245 e. The van der Waals surface area contributed by atoms with Crippen molar-refractivity contribution in [3.05, 3.63) is 6.33 Å². The molecular formula is C11H17N5OS. The molecule has 6 nitrogen and oxygen atoms in total. The molecule has 0 bridgehead atoms. The Labute approximate surface area is 110 Å². The third kappa shape index (κ3) is 2.50. The molecule has 2 rings (SSSR count). The molecule has 0 aromatic carbocycles. The molecule has 0 radical (unpaired) electrons. The SMILES string of the molecule is COc1ncnc2c1nc(N)n2CCCCSC. The van der Waals surface area contributed by atoms with Gasteiger partial charge in [0.25, 0.3) is 0 Å². The van der Waals surface area contributed by atoms with E-state index in [1.54, 1.807) is 7.11 Å². The third-order valence-electron chi connectivity index (χ3n) is 2.70. The lowest BCUT2D eigenvalue weighted by Crippen LogP contribution is -2.04. The molecule has 98 valence electrons. The molecule has 2 N–H and O–H groups in total. The third-order valence-corrected chi connectivity index (χ3v) is 3.40. The molecule has 0 atom stereocenters. The van der Waals surface area contributed by atoms with Crippen molar-refractivity contribution in [3.8, 4) is 5.88 Å². The summed E-state index contributed by atoms with van der Waals surface area (Å²) in [7, 11) is 1.56. The van der Waals surface area contributed by atoms with Crippen LogP contribution in [0.1, 0.15) is 12.8 Å². The summed E-state index contributed by atoms with van der Waals surface area (Å²) >= 11 is 1.85. The number of anilines is 1. The van der Waals surface area contributed by atoms with E-state index in [1.165, 1.54) is 6.33 Å². The molecule has 0 amide bonds. The van der Waals surface area contributed by atoms with Gasteiger partial charge in [-0.1, -0.05) is 0 Å². The average Bonchev–Trinajstić information content (AvgIpc) is 2.70. The Balaban J connectivity index is 2.24. The van der Waals surface area contributed by atoms with Crippen molar-refractivity contribution in [3.63, 3.8) is 0 Å². The normalized spacial score (nSPS) is 11.0. The van der Waals surface area contributed by atoms with Crippen LogP contribution in [0, 0.1) is 0 Å². The van der Waals surface area contributed by atoms with E-state index >= 15 is 0 Å². The number of rotatable bonds is 6. The number of hydrogen-bond donors (Lipinski definition) is 1. The van der Waals surface area contributed by atoms with Gasteiger partial charge in [0.2, 0.25) is 11.8 Å². The fourth-order valence-electron chi connectivity index (χ4n) is 1.82. The van der Waals surface area contributed by atoms with Crippen molar-refractivity contribution in [2.45, 2.75) is 19.4 Å². The minimum absolute atomic E-state index is 0.466. The highest BCUT2D eigenvalue weighted by molar-refractivity contribution is 7.98. The predicted octanol–water partition coefficient (Wildman–Crippen LogP) is 1.56. The highest BCUT2D eigenvalue weighted by Gasteiger charge is 2.13. The number of nitrogen functional groups attached to an aromatic ring is 1. The summed E-state index contributed by atoms with van der Waals surface area (Å²) in [6.07, 6.45) is 5.80. The fraction of sp³-hybridized carbons (Fsp3) is 0.545. The Kier molecular flexibility index (Phi) is 4.24. The van der Waals surface area contributed by atoms with Gasteiger partial charge in [0.1, 0.15) is 6.33 Å². The molecule has 2 aromatic heterocycles. The summed E-state index contributed by atoms with van der Waals surface area (Å²) in [5.41, 5.74) is 7.28. The van der Waals surface area contributed by atoms with E-state index in [0.29, 0.717) is 17.3 Å². The summed E-state index contributed by atoms with van der Waals surface area (Å²) in [4.78, 5) is 12.5. The van der Waals surface area contributed by atoms with Gasteiger partial charge in [-0.15, -0.1) is 0 Å². The lowest BCUT2D eigenvalue weighted by molar-refractivity contribution is 0.401. The second-order valence-electron chi connectivity index (χ2n) is 3.88. The fourth-order valence-corrected chi connectivity index (χ4v) is 2.31. The zero-order valence-corrected chi connectivity index (χ0v) is 11.4. The number of nitrogens with zero attached hydrogens (tertiary/aromatic N) is 4. The number of fused-ring (bicyclic) bond motifs is 1. The summed E-state index contributed by atoms with van der Waals surface area (Å²) in [6.45, 7) is 0.822. The van der Waals surface area contributed by atoms with Crippen molar-refractivity contribution in [1.82, 2.24) is 19.5 Å². The van der Waals surface area contributed by atoms with Crippen LogP contribution in [0.5, 0.6) is 5.88 Å². The number of hydrogen-bond acceptors (Lipinski definition) is 6. The van der Waals surface area contributed by atoms with Crippen LogP contribution < -0.4 is 10.5 Å². The minimum Gasteiger partial charge on any atom is -0.479 e. The molecule has 2 aromatic rings. The first-order chi connectivity index (χ1) is 8.77. The Hall–Kier alpha value is -1.50. The first-order valence-electron chi connectivity index (χ1n) is 5.77. The summed E-state index contributed by atoms with van der Waals surface area (Å²) in [5, 5.41) is 0. The van der Waals surface area contributed by atoms with E-state index in [4.69, 9.17) is 10.5 Å². The van der Waals surface area contributed by atoms with Crippen molar-refractivity contribution >= 4 is 28.9 Å². The van der Waals surface area contributed by atoms with Crippen molar-refractivity contribution < 1.29 is 4.74 Å². The maximum Gasteiger partial charge on any atom is 0.245 e. The van der Waals surface area contributed by atoms with E-state index < -0.39 is 0 Å². The van der Waals surface area contributed by atoms with Crippen molar-refractivity contribution in [1.29, 1.82) is 0 Å². The average molecular weight is 267 g/mol. The Morgan fingerprint density at radius 1 is 1.39 bits per heavy atom. The van der Waals surface area contributed by atoms with Gasteiger partial charge in [-0.3, -0.25) is 4.57 Å². The van der Waals surface area contributed by atoms with Crippen molar-refractivity contribution in [2.75, 3.05) is 24.9 Å². The van der Waals surface area contributed by atoms with Gasteiger partial charge in [0.15, 0.2) is 11.2 Å². The molecule has 0 unspecified atom stereocenters. The Morgan fingerprint density at radius 3 is 2.94 bits per heavy atom. The van der Waals surface area contributed by atoms with Crippen LogP contribution in [-0.2, 0) is 6.54 Å². The maximum atomic E-state index is 5.91. The Morgan fingerprint density at radius 2 is 2.22 bits per heavy atom. The van der Waals surface area contributed by atoms with Crippen LogP contribution in [-0.4, -0.2) is 38.6 Å². The number of thioether (sulfide) groups is 1. The second kappa shape index (κ2) is 5.90. The molecule has 7 heteroatoms. The number of methoxy groups -OCH3 is 1. The molecule has 0 saturated heterocycles. The van der Waals surface area contributed by atoms with E-state index in [1.807, 2.05) is 16.3 Å². The lowest BCUT2D eigenvalue weighted by atomic mass is 10.3. The zero-order chi connectivity index (χ0) is 13.0. The molecule has 0 fully saturated rings. The van der Waals surface area contributed by atoms with Crippen LogP contribution in [0.3, 0.4) is 0 Å². The topological polar surface area (TPSA) is 78.8 Å². The highest BCUT2D eigenvalue weighted by Crippen LogP contribution is 2.23. The van der Waals surface area contributed by atoms with Crippen LogP contribution in [0.15, 0.2) is 6.33 Å². The number of aryl methyl sites for hydroxylation is 1. The standard InChI is InChI=1S/C11H17N5OS/c1-17-10-8-9(13-7-14-10)16(11(12)15-8)5-3-4-6-18-2/h7H,3-6H2,1-2H3,(H2,12,15). The minimum atomic E-state index is 0.466. The van der Waals surface area contributed by atoms with E-state index in [2.05, 4.69) is 21.2 Å². The summed E-state index contributed by atoms with van der Waals surface area (Å²) in [6, 6.07) is 0. The molecule has 0 spiro atoms. The van der Waals surface area contributed by atoms with Gasteiger partial charge < -0.3 is 10.5 Å². The van der Waals surface area contributed by atoms with Crippen LogP contribution >= 0.6 is 11.8 Å². The number of ether oxygens (including phenoxy) is 1. The van der Waals surface area contributed by atoms with Crippen LogP contribution in [0.2, 0.25) is 0 Å². The predicted molar refractivity (Wildman–Crippen MR) is 73.9 cm³/mol. The number of imidazole rings is 1. The number of nitrogens with two attached hydrogens (primary N) is 1. The lowest BCUT2D eigenvalue weighted by Gasteiger charge is -2.05. The Bertz CT molecular complexity index is 527. The molecule has 18 heavy (non-hydrogen) atoms. The van der Waals surface area contributed by atoms with Gasteiger partial charge in [0.05, 0.1) is 7.11 Å². The first kappa shape index (κ1) is 12.9. The van der Waals surface area contributed by atoms with Crippen molar-refractivity contribution in [2.24, 2.45) is 0 Å². The van der Waals surface area contributed by atoms with E-state index in [0.717, 1.165) is 30.8 Å². The van der Waals surface area contributed by atoms with Gasteiger partial charge >= 0.3 is 0 Å². The van der Waals surface area contributed by atoms with Crippen LogP contribution in [0.4, 0.5) is 5.95 Å². The van der Waals surface area contributed by atoms with E-state index in [-0.39, 0.29) is 0 Å². The zero-order valence-electron chi connectivity index (χ0n) is 10.6. The highest BCUT2D eigenvalue weighted by atomic mass is 32.2. The second-order valence-corrected chi connectivity index (χ2v) is 4.86. The van der Waals surface area contributed by atoms with Crippen LogP contribution in [0.25, 0.3) is 11.2 Å². The van der Waals surface area contributed by atoms with E-state index in [9.17, 15) is 0 Å². The maximum absolute atomic E-state index is 5.91. The van der Waals surface area contributed by atoms with Gasteiger partial charge in [-0.25, -0.2) is 9.97 Å². The molecular weight excluding hydrogens is 250 g/mol. The summed E-state index contributed by atoms with van der Waals surface area (Å²) in [5.74, 6) is 2.09. The number of unbranched alkanes of at least 4 members (excludes halogenated alkanes) is 1. The monoisotopic (exact) mass is 267 g/mol. The molecule has 0 aliphatic rings. The summed E-state index contributed by atoms with van der Waals surface area (Å²) < 4.78 is 7.07. The molecule has 0 aliphatic heterocycles. The quantitative estimate of drug-likeness (QED) is 0.800. The first-order valence-corrected chi connectivity index (χ1v) is 7.17. The molecule has 2 heterocycles. The number of aromatic nitrogens is 4. The van der Waals surface area contributed by atoms with Gasteiger partial charge in [-0.05, 0) is 24.9 Å². The van der Waals surface area contributed by atoms with Gasteiger partial charge in [-0.2, -0.15) is 16.7 Å².